The second kappa shape index (κ2) is 3.96. The number of hydrogen-bond acceptors (Lipinski definition) is 3. The van der Waals surface area contributed by atoms with Crippen LogP contribution in [0.2, 0.25) is 0 Å². The van der Waals surface area contributed by atoms with E-state index in [1.807, 2.05) is 6.08 Å². The molecule has 5 heteroatoms. The van der Waals surface area contributed by atoms with Crippen molar-refractivity contribution in [3.05, 3.63) is 11.8 Å². The highest BCUT2D eigenvalue weighted by atomic mass is 16.6. The Morgan fingerprint density at radius 1 is 1.83 bits per heavy atom. The van der Waals surface area contributed by atoms with E-state index < -0.39 is 0 Å². The molecule has 12 heavy (non-hydrogen) atoms. The Morgan fingerprint density at radius 2 is 2.58 bits per heavy atom. The Labute approximate surface area is 71.6 Å². The standard InChI is InChI=1S/C7H14N4O/c1-12-10-6-2-4-11(5-3-6)7(8)9/h2,10H,3-5H2,1H3,(H3,8,9). The molecule has 0 unspecified atom stereocenters. The van der Waals surface area contributed by atoms with Gasteiger partial charge in [-0.05, 0) is 6.08 Å². The van der Waals surface area contributed by atoms with Gasteiger partial charge in [-0.3, -0.25) is 15.7 Å². The summed E-state index contributed by atoms with van der Waals surface area (Å²) in [6.45, 7) is 1.46. The fourth-order valence-corrected chi connectivity index (χ4v) is 1.11. The van der Waals surface area contributed by atoms with Crippen molar-refractivity contribution in [2.24, 2.45) is 5.73 Å². The Morgan fingerprint density at radius 3 is 3.00 bits per heavy atom. The lowest BCUT2D eigenvalue weighted by atomic mass is 10.2. The molecule has 1 aliphatic rings. The SMILES string of the molecule is CONC1=CCN(C(=N)N)CC1. The first-order valence-electron chi connectivity index (χ1n) is 3.81. The van der Waals surface area contributed by atoms with Gasteiger partial charge in [0.25, 0.3) is 0 Å². The molecule has 68 valence electrons. The Balaban J connectivity index is 2.42. The van der Waals surface area contributed by atoms with Gasteiger partial charge in [0.2, 0.25) is 0 Å². The predicted octanol–water partition coefficient (Wildman–Crippen LogP) is -0.380. The van der Waals surface area contributed by atoms with Crippen LogP contribution in [-0.2, 0) is 4.84 Å². The fraction of sp³-hybridized carbons (Fsp3) is 0.571. The molecule has 0 aromatic carbocycles. The van der Waals surface area contributed by atoms with Crippen molar-refractivity contribution in [3.8, 4) is 0 Å². The zero-order valence-electron chi connectivity index (χ0n) is 7.13. The maximum Gasteiger partial charge on any atom is 0.188 e. The van der Waals surface area contributed by atoms with Crippen molar-refractivity contribution in [1.82, 2.24) is 10.4 Å². The summed E-state index contributed by atoms with van der Waals surface area (Å²) < 4.78 is 0. The van der Waals surface area contributed by atoms with Crippen LogP contribution in [0.3, 0.4) is 0 Å². The van der Waals surface area contributed by atoms with E-state index in [9.17, 15) is 0 Å². The maximum atomic E-state index is 7.18. The Bertz CT molecular complexity index is 202. The average Bonchev–Trinajstić information content (AvgIpc) is 2.06. The summed E-state index contributed by atoms with van der Waals surface area (Å²) in [5, 5.41) is 7.18. The zero-order chi connectivity index (χ0) is 8.97. The number of rotatable bonds is 2. The van der Waals surface area contributed by atoms with Crippen LogP contribution in [0.15, 0.2) is 11.8 Å². The molecule has 1 heterocycles. The van der Waals surface area contributed by atoms with Gasteiger partial charge in [-0.25, -0.2) is 0 Å². The number of hydrogen-bond donors (Lipinski definition) is 3. The third-order valence-corrected chi connectivity index (χ3v) is 1.78. The summed E-state index contributed by atoms with van der Waals surface area (Å²) in [5.41, 5.74) is 9.13. The number of guanidine groups is 1. The van der Waals surface area contributed by atoms with Crippen molar-refractivity contribution in [1.29, 1.82) is 5.41 Å². The first kappa shape index (κ1) is 8.86. The molecule has 0 saturated carbocycles. The molecule has 0 aromatic heterocycles. The van der Waals surface area contributed by atoms with Crippen molar-refractivity contribution >= 4 is 5.96 Å². The molecule has 0 bridgehead atoms. The molecular formula is C7H14N4O. The minimum absolute atomic E-state index is 0.128. The van der Waals surface area contributed by atoms with Gasteiger partial charge < -0.3 is 10.6 Å². The molecule has 0 radical (unpaired) electrons. The van der Waals surface area contributed by atoms with Crippen LogP contribution in [0.5, 0.6) is 0 Å². The minimum atomic E-state index is 0.128. The average molecular weight is 170 g/mol. The van der Waals surface area contributed by atoms with Crippen LogP contribution in [0.1, 0.15) is 6.42 Å². The van der Waals surface area contributed by atoms with E-state index in [0.717, 1.165) is 18.7 Å². The molecular weight excluding hydrogens is 156 g/mol. The highest BCUT2D eigenvalue weighted by molar-refractivity contribution is 5.74. The van der Waals surface area contributed by atoms with Crippen LogP contribution < -0.4 is 11.2 Å². The van der Waals surface area contributed by atoms with E-state index in [-0.39, 0.29) is 5.96 Å². The van der Waals surface area contributed by atoms with Gasteiger partial charge in [-0.15, -0.1) is 0 Å². The molecule has 0 fully saturated rings. The Hall–Kier alpha value is -1.23. The molecule has 5 nitrogen and oxygen atoms in total. The van der Waals surface area contributed by atoms with Gasteiger partial charge in [0.15, 0.2) is 5.96 Å². The van der Waals surface area contributed by atoms with Crippen molar-refractivity contribution in [2.45, 2.75) is 6.42 Å². The maximum absolute atomic E-state index is 7.18. The fourth-order valence-electron chi connectivity index (χ4n) is 1.11. The summed E-state index contributed by atoms with van der Waals surface area (Å²) in [5.74, 6) is 0.128. The van der Waals surface area contributed by atoms with Gasteiger partial charge in [-0.2, -0.15) is 0 Å². The Kier molecular flexibility index (Phi) is 2.93. The van der Waals surface area contributed by atoms with E-state index in [0.29, 0.717) is 6.54 Å². The van der Waals surface area contributed by atoms with Crippen molar-refractivity contribution in [3.63, 3.8) is 0 Å². The second-order valence-electron chi connectivity index (χ2n) is 2.62. The summed E-state index contributed by atoms with van der Waals surface area (Å²) in [6.07, 6.45) is 2.81. The lowest BCUT2D eigenvalue weighted by Crippen LogP contribution is -2.40. The molecule has 4 N–H and O–H groups in total. The lowest BCUT2D eigenvalue weighted by molar-refractivity contribution is 0.112. The number of hydroxylamine groups is 1. The smallest absolute Gasteiger partial charge is 0.188 e. The summed E-state index contributed by atoms with van der Waals surface area (Å²) in [6, 6.07) is 0. The van der Waals surface area contributed by atoms with Crippen LogP contribution in [0.25, 0.3) is 0 Å². The molecule has 0 aliphatic carbocycles. The van der Waals surface area contributed by atoms with E-state index in [1.165, 1.54) is 0 Å². The van der Waals surface area contributed by atoms with Gasteiger partial charge in [-0.1, -0.05) is 0 Å². The predicted molar refractivity (Wildman–Crippen MR) is 46.3 cm³/mol. The topological polar surface area (TPSA) is 74.4 Å². The van der Waals surface area contributed by atoms with E-state index in [2.05, 4.69) is 5.48 Å². The number of nitrogens with zero attached hydrogens (tertiary/aromatic N) is 1. The molecule has 0 saturated heterocycles. The van der Waals surface area contributed by atoms with E-state index in [1.54, 1.807) is 12.0 Å². The third kappa shape index (κ3) is 2.13. The van der Waals surface area contributed by atoms with Gasteiger partial charge in [0.1, 0.15) is 0 Å². The highest BCUT2D eigenvalue weighted by Gasteiger charge is 2.11. The molecule has 0 aromatic rings. The number of nitrogens with two attached hydrogens (primary N) is 1. The minimum Gasteiger partial charge on any atom is -0.370 e. The van der Waals surface area contributed by atoms with E-state index in [4.69, 9.17) is 16.0 Å². The van der Waals surface area contributed by atoms with Crippen LogP contribution in [-0.4, -0.2) is 31.1 Å². The lowest BCUT2D eigenvalue weighted by Gasteiger charge is -2.26. The zero-order valence-corrected chi connectivity index (χ0v) is 7.13. The van der Waals surface area contributed by atoms with Crippen molar-refractivity contribution in [2.75, 3.05) is 20.2 Å². The molecule has 0 atom stereocenters. The largest absolute Gasteiger partial charge is 0.370 e. The van der Waals surface area contributed by atoms with Gasteiger partial charge in [0, 0.05) is 25.2 Å². The summed E-state index contributed by atoms with van der Waals surface area (Å²) >= 11 is 0. The third-order valence-electron chi connectivity index (χ3n) is 1.78. The van der Waals surface area contributed by atoms with Crippen LogP contribution >= 0.6 is 0 Å². The molecule has 0 spiro atoms. The first-order valence-corrected chi connectivity index (χ1v) is 3.81. The van der Waals surface area contributed by atoms with Crippen LogP contribution in [0, 0.1) is 5.41 Å². The summed E-state index contributed by atoms with van der Waals surface area (Å²) in [7, 11) is 1.58. The molecule has 1 rings (SSSR count). The first-order chi connectivity index (χ1) is 5.74. The van der Waals surface area contributed by atoms with Crippen molar-refractivity contribution < 1.29 is 4.84 Å². The second-order valence-corrected chi connectivity index (χ2v) is 2.62. The normalized spacial score (nSPS) is 17.1. The van der Waals surface area contributed by atoms with Gasteiger partial charge >= 0.3 is 0 Å². The quantitative estimate of drug-likeness (QED) is 0.300. The molecule has 1 aliphatic heterocycles. The highest BCUT2D eigenvalue weighted by Crippen LogP contribution is 2.06. The van der Waals surface area contributed by atoms with Gasteiger partial charge in [0.05, 0.1) is 7.11 Å². The summed E-state index contributed by atoms with van der Waals surface area (Å²) in [4.78, 5) is 6.55. The van der Waals surface area contributed by atoms with E-state index >= 15 is 0 Å². The number of nitrogens with one attached hydrogen (secondary N) is 2. The molecule has 0 amide bonds. The van der Waals surface area contributed by atoms with Crippen LogP contribution in [0.4, 0.5) is 0 Å². The monoisotopic (exact) mass is 170 g/mol.